The Morgan fingerprint density at radius 1 is 0.588 bits per heavy atom. The fourth-order valence-electron chi connectivity index (χ4n) is 8.27. The number of methoxy groups -OCH3 is 3. The van der Waals surface area contributed by atoms with Gasteiger partial charge >= 0.3 is 0 Å². The number of hydrogen-bond donors (Lipinski definition) is 0. The minimum atomic E-state index is -0.929. The van der Waals surface area contributed by atoms with Crippen LogP contribution >= 0.6 is 0 Å². The Hall–Kier alpha value is -5.48. The van der Waals surface area contributed by atoms with E-state index in [1.807, 2.05) is 24.3 Å². The van der Waals surface area contributed by atoms with Gasteiger partial charge in [0.1, 0.15) is 23.0 Å². The molecule has 256 valence electrons. The first-order chi connectivity index (χ1) is 24.5. The van der Waals surface area contributed by atoms with E-state index in [0.717, 1.165) is 61.6 Å². The zero-order valence-electron chi connectivity index (χ0n) is 30.7. The lowest BCUT2D eigenvalue weighted by Gasteiger charge is -2.50. The third-order valence-corrected chi connectivity index (χ3v) is 11.8. The molecule has 4 nitrogen and oxygen atoms in total. The van der Waals surface area contributed by atoms with E-state index < -0.39 is 5.60 Å². The van der Waals surface area contributed by atoms with Crippen molar-refractivity contribution in [3.05, 3.63) is 149 Å². The molecule has 2 aliphatic rings. The van der Waals surface area contributed by atoms with E-state index in [1.165, 1.54) is 27.8 Å². The monoisotopic (exact) mass is 672 g/mol. The van der Waals surface area contributed by atoms with Gasteiger partial charge in [0.05, 0.1) is 21.3 Å². The molecule has 1 aliphatic carbocycles. The van der Waals surface area contributed by atoms with Gasteiger partial charge in [-0.3, -0.25) is 0 Å². The van der Waals surface area contributed by atoms with Gasteiger partial charge in [-0.2, -0.15) is 0 Å². The summed E-state index contributed by atoms with van der Waals surface area (Å²) in [6.07, 6.45) is 4.53. The molecule has 51 heavy (non-hydrogen) atoms. The molecule has 0 bridgehead atoms. The molecule has 0 saturated heterocycles. The van der Waals surface area contributed by atoms with Crippen molar-refractivity contribution >= 4 is 16.8 Å². The number of aryl methyl sites for hydroxylation is 1. The van der Waals surface area contributed by atoms with Gasteiger partial charge in [0, 0.05) is 33.1 Å². The van der Waals surface area contributed by atoms with Gasteiger partial charge in [0.25, 0.3) is 0 Å². The first-order valence-electron chi connectivity index (χ1n) is 17.6. The quantitative estimate of drug-likeness (QED) is 0.176. The van der Waals surface area contributed by atoms with Crippen LogP contribution in [0.4, 0.5) is 0 Å². The molecule has 0 saturated carbocycles. The number of fused-ring (bicyclic) bond motifs is 8. The van der Waals surface area contributed by atoms with Crippen molar-refractivity contribution in [2.24, 2.45) is 0 Å². The molecule has 0 aromatic heterocycles. The van der Waals surface area contributed by atoms with Gasteiger partial charge in [-0.25, -0.2) is 0 Å². The second-order valence-corrected chi connectivity index (χ2v) is 14.9. The highest BCUT2D eigenvalue weighted by atomic mass is 16.5. The highest BCUT2D eigenvalue weighted by Gasteiger charge is 2.49. The SMILES string of the molecule is COc1ccc(C2(c3ccc(OC)cc3)C=Cc3c4c(c5cc(-c6ccc(C)cc6)c(OC)cc5c3O2)-c2ccccc2C(C)(C)C4(C)C)cc1. The number of hydrogen-bond acceptors (Lipinski definition) is 4. The summed E-state index contributed by atoms with van der Waals surface area (Å²) >= 11 is 0. The van der Waals surface area contributed by atoms with Crippen molar-refractivity contribution in [2.45, 2.75) is 51.0 Å². The molecule has 6 aromatic carbocycles. The lowest BCUT2D eigenvalue weighted by molar-refractivity contribution is 0.162. The van der Waals surface area contributed by atoms with E-state index in [0.29, 0.717) is 0 Å². The summed E-state index contributed by atoms with van der Waals surface area (Å²) in [5.41, 5.74) is 10.3. The van der Waals surface area contributed by atoms with Crippen LogP contribution in [0.25, 0.3) is 39.1 Å². The van der Waals surface area contributed by atoms with Crippen LogP contribution in [-0.2, 0) is 16.4 Å². The van der Waals surface area contributed by atoms with Gasteiger partial charge in [0.2, 0.25) is 0 Å². The Morgan fingerprint density at radius 3 is 1.78 bits per heavy atom. The second-order valence-electron chi connectivity index (χ2n) is 14.9. The maximum absolute atomic E-state index is 7.60. The smallest absolute Gasteiger partial charge is 0.178 e. The summed E-state index contributed by atoms with van der Waals surface area (Å²) in [5.74, 6) is 3.23. The average Bonchev–Trinajstić information content (AvgIpc) is 3.16. The third kappa shape index (κ3) is 4.80. The van der Waals surface area contributed by atoms with Crippen LogP contribution < -0.4 is 18.9 Å². The highest BCUT2D eigenvalue weighted by Crippen LogP contribution is 2.61. The summed E-state index contributed by atoms with van der Waals surface area (Å²) in [5, 5.41) is 2.15. The molecule has 1 aliphatic heterocycles. The van der Waals surface area contributed by atoms with Gasteiger partial charge in [-0.1, -0.05) is 112 Å². The summed E-state index contributed by atoms with van der Waals surface area (Å²) < 4.78 is 24.9. The Morgan fingerprint density at radius 2 is 1.20 bits per heavy atom. The molecule has 0 unspecified atom stereocenters. The lowest BCUT2D eigenvalue weighted by atomic mass is 9.54. The first kappa shape index (κ1) is 32.7. The molecule has 0 radical (unpaired) electrons. The molecule has 8 rings (SSSR count). The van der Waals surface area contributed by atoms with E-state index in [1.54, 1.807) is 21.3 Å². The maximum Gasteiger partial charge on any atom is 0.178 e. The normalized spacial score (nSPS) is 16.0. The molecule has 6 aromatic rings. The Bertz CT molecular complexity index is 2280. The van der Waals surface area contributed by atoms with Gasteiger partial charge in [0.15, 0.2) is 5.60 Å². The second kappa shape index (κ2) is 11.8. The van der Waals surface area contributed by atoms with Crippen LogP contribution in [0.2, 0.25) is 0 Å². The highest BCUT2D eigenvalue weighted by molar-refractivity contribution is 6.09. The largest absolute Gasteiger partial charge is 0.497 e. The predicted molar refractivity (Wildman–Crippen MR) is 209 cm³/mol. The molecule has 4 heteroatoms. The van der Waals surface area contributed by atoms with Gasteiger partial charge in [-0.05, 0) is 88.0 Å². The van der Waals surface area contributed by atoms with E-state index in [4.69, 9.17) is 18.9 Å². The number of ether oxygens (including phenoxy) is 4. The number of rotatable bonds is 6. The van der Waals surface area contributed by atoms with Crippen LogP contribution in [0.1, 0.15) is 61.1 Å². The molecule has 0 spiro atoms. The standard InChI is InChI=1S/C47H44O4/c1-29-13-15-30(16-14-29)37-27-38-39(28-41(37)50-8)44-36(43-42(38)35-11-9-10-12-40(35)45(2,3)46(43,4)5)25-26-47(51-44,31-17-21-33(48-6)22-18-31)32-19-23-34(49-7)24-20-32/h9-28H,1-8H3. The van der Waals surface area contributed by atoms with Crippen molar-refractivity contribution in [3.8, 4) is 45.3 Å². The molecule has 1 heterocycles. The van der Waals surface area contributed by atoms with Crippen molar-refractivity contribution in [1.82, 2.24) is 0 Å². The van der Waals surface area contributed by atoms with Crippen molar-refractivity contribution in [2.75, 3.05) is 21.3 Å². The van der Waals surface area contributed by atoms with Crippen LogP contribution in [0.15, 0.2) is 115 Å². The number of benzene rings is 6. The van der Waals surface area contributed by atoms with E-state index in [2.05, 4.69) is 132 Å². The molecule has 0 N–H and O–H groups in total. The summed E-state index contributed by atoms with van der Waals surface area (Å²) in [7, 11) is 5.14. The first-order valence-corrected chi connectivity index (χ1v) is 17.6. The fourth-order valence-corrected chi connectivity index (χ4v) is 8.27. The summed E-state index contributed by atoms with van der Waals surface area (Å²) in [6, 6.07) is 38.5. The average molecular weight is 673 g/mol. The van der Waals surface area contributed by atoms with E-state index >= 15 is 0 Å². The van der Waals surface area contributed by atoms with Crippen LogP contribution in [-0.4, -0.2) is 21.3 Å². The van der Waals surface area contributed by atoms with Crippen LogP contribution in [0, 0.1) is 6.92 Å². The minimum absolute atomic E-state index is 0.168. The minimum Gasteiger partial charge on any atom is -0.497 e. The molecular formula is C47H44O4. The van der Waals surface area contributed by atoms with Crippen LogP contribution in [0.3, 0.4) is 0 Å². The van der Waals surface area contributed by atoms with Crippen molar-refractivity contribution in [3.63, 3.8) is 0 Å². The zero-order valence-corrected chi connectivity index (χ0v) is 30.7. The van der Waals surface area contributed by atoms with Crippen molar-refractivity contribution in [1.29, 1.82) is 0 Å². The third-order valence-electron chi connectivity index (χ3n) is 11.8. The predicted octanol–water partition coefficient (Wildman–Crippen LogP) is 11.4. The molecule has 0 fully saturated rings. The van der Waals surface area contributed by atoms with E-state index in [-0.39, 0.29) is 10.8 Å². The zero-order chi connectivity index (χ0) is 35.7. The Balaban J connectivity index is 1.50. The maximum atomic E-state index is 7.60. The summed E-state index contributed by atoms with van der Waals surface area (Å²) in [6.45, 7) is 11.7. The van der Waals surface area contributed by atoms with Crippen LogP contribution in [0.5, 0.6) is 23.0 Å². The summed E-state index contributed by atoms with van der Waals surface area (Å²) in [4.78, 5) is 0. The molecule has 0 atom stereocenters. The molecular weight excluding hydrogens is 629 g/mol. The Labute approximate surface area is 301 Å². The van der Waals surface area contributed by atoms with Gasteiger partial charge < -0.3 is 18.9 Å². The van der Waals surface area contributed by atoms with Gasteiger partial charge in [-0.15, -0.1) is 0 Å². The lowest BCUT2D eigenvalue weighted by Crippen LogP contribution is -2.44. The Kier molecular flexibility index (Phi) is 7.57. The van der Waals surface area contributed by atoms with E-state index in [9.17, 15) is 0 Å². The topological polar surface area (TPSA) is 36.9 Å². The van der Waals surface area contributed by atoms with Crippen molar-refractivity contribution < 1.29 is 18.9 Å². The fraction of sp³-hybridized carbons (Fsp3) is 0.234. The molecule has 0 amide bonds.